The van der Waals surface area contributed by atoms with Crippen LogP contribution in [0.25, 0.3) is 0 Å². The van der Waals surface area contributed by atoms with E-state index in [0.29, 0.717) is 24.4 Å². The van der Waals surface area contributed by atoms with Crippen LogP contribution in [-0.2, 0) is 11.2 Å². The number of aromatic carboxylic acids is 1. The Morgan fingerprint density at radius 3 is 2.54 bits per heavy atom. The van der Waals surface area contributed by atoms with Gasteiger partial charge in [0.1, 0.15) is 0 Å². The normalized spacial score (nSPS) is 20.5. The summed E-state index contributed by atoms with van der Waals surface area (Å²) in [7, 11) is 0. The SMILES string of the molecule is CCCCC1CCC(NC(=O)CCc2ccccc2C(=O)O)CC1. The zero-order chi connectivity index (χ0) is 17.4. The molecule has 0 unspecified atom stereocenters. The number of unbranched alkanes of at least 4 members (excludes halogenated alkanes) is 1. The summed E-state index contributed by atoms with van der Waals surface area (Å²) in [6.45, 7) is 2.23. The van der Waals surface area contributed by atoms with E-state index in [-0.39, 0.29) is 5.91 Å². The number of hydrogen-bond donors (Lipinski definition) is 2. The van der Waals surface area contributed by atoms with Crippen molar-refractivity contribution in [2.45, 2.75) is 70.8 Å². The van der Waals surface area contributed by atoms with E-state index in [2.05, 4.69) is 12.2 Å². The highest BCUT2D eigenvalue weighted by Crippen LogP contribution is 2.28. The molecule has 1 saturated carbocycles. The lowest BCUT2D eigenvalue weighted by atomic mass is 9.83. The van der Waals surface area contributed by atoms with Gasteiger partial charge in [0, 0.05) is 12.5 Å². The van der Waals surface area contributed by atoms with E-state index in [0.717, 1.165) is 24.3 Å². The number of nitrogens with one attached hydrogen (secondary N) is 1. The first kappa shape index (κ1) is 18.5. The predicted octanol–water partition coefficient (Wildman–Crippen LogP) is 4.18. The lowest BCUT2D eigenvalue weighted by Crippen LogP contribution is -2.37. The molecule has 0 radical (unpaired) electrons. The van der Waals surface area contributed by atoms with E-state index in [1.165, 1.54) is 32.1 Å². The number of rotatable bonds is 8. The van der Waals surface area contributed by atoms with Crippen LogP contribution in [0, 0.1) is 5.92 Å². The van der Waals surface area contributed by atoms with E-state index in [1.54, 1.807) is 18.2 Å². The number of carboxylic acids is 1. The summed E-state index contributed by atoms with van der Waals surface area (Å²) in [5.41, 5.74) is 1.02. The summed E-state index contributed by atoms with van der Waals surface area (Å²) in [5.74, 6) is -0.0656. The number of hydrogen-bond acceptors (Lipinski definition) is 2. The average Bonchev–Trinajstić information content (AvgIpc) is 2.59. The minimum Gasteiger partial charge on any atom is -0.478 e. The lowest BCUT2D eigenvalue weighted by Gasteiger charge is -2.29. The summed E-state index contributed by atoms with van der Waals surface area (Å²) >= 11 is 0. The minimum absolute atomic E-state index is 0.0344. The molecule has 1 aliphatic carbocycles. The maximum absolute atomic E-state index is 12.2. The Labute approximate surface area is 144 Å². The van der Waals surface area contributed by atoms with Crippen LogP contribution in [0.1, 0.15) is 74.2 Å². The van der Waals surface area contributed by atoms with Crippen molar-refractivity contribution in [1.82, 2.24) is 5.32 Å². The average molecular weight is 331 g/mol. The maximum atomic E-state index is 12.2. The minimum atomic E-state index is -0.934. The van der Waals surface area contributed by atoms with Crippen LogP contribution in [0.2, 0.25) is 0 Å². The summed E-state index contributed by atoms with van der Waals surface area (Å²) in [4.78, 5) is 23.3. The van der Waals surface area contributed by atoms with Crippen molar-refractivity contribution in [2.24, 2.45) is 5.92 Å². The molecule has 1 aromatic rings. The summed E-state index contributed by atoms with van der Waals surface area (Å²) < 4.78 is 0. The molecule has 0 saturated heterocycles. The molecule has 2 rings (SSSR count). The lowest BCUT2D eigenvalue weighted by molar-refractivity contribution is -0.122. The Morgan fingerprint density at radius 1 is 1.17 bits per heavy atom. The quantitative estimate of drug-likeness (QED) is 0.751. The highest BCUT2D eigenvalue weighted by molar-refractivity contribution is 5.89. The molecule has 132 valence electrons. The van der Waals surface area contributed by atoms with Crippen LogP contribution in [0.5, 0.6) is 0 Å². The monoisotopic (exact) mass is 331 g/mol. The third-order valence-corrected chi connectivity index (χ3v) is 5.05. The van der Waals surface area contributed by atoms with Crippen LogP contribution in [0.15, 0.2) is 24.3 Å². The van der Waals surface area contributed by atoms with Crippen molar-refractivity contribution in [3.8, 4) is 0 Å². The van der Waals surface area contributed by atoms with Crippen molar-refractivity contribution >= 4 is 11.9 Å². The molecule has 0 atom stereocenters. The molecule has 0 spiro atoms. The van der Waals surface area contributed by atoms with Gasteiger partial charge in [-0.2, -0.15) is 0 Å². The topological polar surface area (TPSA) is 66.4 Å². The number of benzene rings is 1. The van der Waals surface area contributed by atoms with E-state index in [1.807, 2.05) is 6.07 Å². The molecule has 0 heterocycles. The molecule has 1 fully saturated rings. The molecule has 0 aromatic heterocycles. The Morgan fingerprint density at radius 2 is 1.88 bits per heavy atom. The fraction of sp³-hybridized carbons (Fsp3) is 0.600. The van der Waals surface area contributed by atoms with Gasteiger partial charge in [0.05, 0.1) is 5.56 Å². The summed E-state index contributed by atoms with van der Waals surface area (Å²) in [5, 5.41) is 12.3. The molecule has 4 heteroatoms. The molecular formula is C20H29NO3. The smallest absolute Gasteiger partial charge is 0.335 e. The van der Waals surface area contributed by atoms with Crippen molar-refractivity contribution < 1.29 is 14.7 Å². The molecule has 24 heavy (non-hydrogen) atoms. The zero-order valence-corrected chi connectivity index (χ0v) is 14.6. The molecule has 1 aromatic carbocycles. The summed E-state index contributed by atoms with van der Waals surface area (Å²) in [6, 6.07) is 7.20. The number of amides is 1. The molecule has 1 aliphatic rings. The van der Waals surface area contributed by atoms with Gasteiger partial charge in [0.15, 0.2) is 0 Å². The van der Waals surface area contributed by atoms with Gasteiger partial charge in [0.25, 0.3) is 0 Å². The van der Waals surface area contributed by atoms with Gasteiger partial charge >= 0.3 is 5.97 Å². The van der Waals surface area contributed by atoms with Gasteiger partial charge in [-0.1, -0.05) is 44.4 Å². The van der Waals surface area contributed by atoms with Gasteiger partial charge in [0.2, 0.25) is 5.91 Å². The van der Waals surface area contributed by atoms with Crippen LogP contribution in [0.3, 0.4) is 0 Å². The molecule has 2 N–H and O–H groups in total. The van der Waals surface area contributed by atoms with Crippen molar-refractivity contribution in [2.75, 3.05) is 0 Å². The van der Waals surface area contributed by atoms with Gasteiger partial charge in [-0.05, 0) is 49.7 Å². The second-order valence-electron chi connectivity index (χ2n) is 6.89. The maximum Gasteiger partial charge on any atom is 0.335 e. The fourth-order valence-electron chi connectivity index (χ4n) is 3.58. The zero-order valence-electron chi connectivity index (χ0n) is 14.6. The second kappa shape index (κ2) is 9.45. The number of carbonyl (C=O) groups excluding carboxylic acids is 1. The number of aryl methyl sites for hydroxylation is 1. The van der Waals surface area contributed by atoms with Crippen molar-refractivity contribution in [1.29, 1.82) is 0 Å². The number of carboxylic acid groups (broad SMARTS) is 1. The Bertz CT molecular complexity index is 548. The van der Waals surface area contributed by atoms with Crippen LogP contribution < -0.4 is 5.32 Å². The predicted molar refractivity (Wildman–Crippen MR) is 95.1 cm³/mol. The Hall–Kier alpha value is -1.84. The molecule has 1 amide bonds. The van der Waals surface area contributed by atoms with Gasteiger partial charge in [-0.25, -0.2) is 4.79 Å². The third kappa shape index (κ3) is 5.66. The molecule has 4 nitrogen and oxygen atoms in total. The Kier molecular flexibility index (Phi) is 7.29. The van der Waals surface area contributed by atoms with E-state index in [9.17, 15) is 14.7 Å². The van der Waals surface area contributed by atoms with Crippen molar-refractivity contribution in [3.05, 3.63) is 35.4 Å². The second-order valence-corrected chi connectivity index (χ2v) is 6.89. The van der Waals surface area contributed by atoms with E-state index in [4.69, 9.17) is 0 Å². The van der Waals surface area contributed by atoms with E-state index < -0.39 is 5.97 Å². The van der Waals surface area contributed by atoms with Gasteiger partial charge in [-0.3, -0.25) is 4.79 Å². The molecule has 0 bridgehead atoms. The largest absolute Gasteiger partial charge is 0.478 e. The highest BCUT2D eigenvalue weighted by atomic mass is 16.4. The third-order valence-electron chi connectivity index (χ3n) is 5.05. The van der Waals surface area contributed by atoms with Crippen LogP contribution in [-0.4, -0.2) is 23.0 Å². The van der Waals surface area contributed by atoms with E-state index >= 15 is 0 Å². The first-order chi connectivity index (χ1) is 11.6. The van der Waals surface area contributed by atoms with Crippen LogP contribution >= 0.6 is 0 Å². The fourth-order valence-corrected chi connectivity index (χ4v) is 3.58. The molecule has 0 aliphatic heterocycles. The van der Waals surface area contributed by atoms with Gasteiger partial charge in [-0.15, -0.1) is 0 Å². The first-order valence-corrected chi connectivity index (χ1v) is 9.20. The van der Waals surface area contributed by atoms with Gasteiger partial charge < -0.3 is 10.4 Å². The standard InChI is InChI=1S/C20H29NO3/c1-2-3-6-15-9-12-17(13-10-15)21-19(22)14-11-16-7-4-5-8-18(16)20(23)24/h4-5,7-8,15,17H,2-3,6,9-14H2,1H3,(H,21,22)(H,23,24). The summed E-state index contributed by atoms with van der Waals surface area (Å²) in [6.07, 6.45) is 9.29. The van der Waals surface area contributed by atoms with Crippen LogP contribution in [0.4, 0.5) is 0 Å². The van der Waals surface area contributed by atoms with Crippen molar-refractivity contribution in [3.63, 3.8) is 0 Å². The number of carbonyl (C=O) groups is 2. The molecular weight excluding hydrogens is 302 g/mol. The highest BCUT2D eigenvalue weighted by Gasteiger charge is 2.22. The first-order valence-electron chi connectivity index (χ1n) is 9.20. The Balaban J connectivity index is 1.74.